The summed E-state index contributed by atoms with van der Waals surface area (Å²) in [5.74, 6) is 1.02. The van der Waals surface area contributed by atoms with E-state index in [1.54, 1.807) is 12.1 Å². The predicted octanol–water partition coefficient (Wildman–Crippen LogP) is 3.87. The van der Waals surface area contributed by atoms with Gasteiger partial charge in [0.05, 0.1) is 5.02 Å². The molecule has 2 atom stereocenters. The Morgan fingerprint density at radius 2 is 2.10 bits per heavy atom. The van der Waals surface area contributed by atoms with E-state index in [-0.39, 0.29) is 11.9 Å². The Kier molecular flexibility index (Phi) is 5.85. The molecule has 1 fully saturated rings. The van der Waals surface area contributed by atoms with E-state index in [1.165, 1.54) is 25.7 Å². The zero-order chi connectivity index (χ0) is 15.2. The summed E-state index contributed by atoms with van der Waals surface area (Å²) in [7, 11) is 0. The summed E-state index contributed by atoms with van der Waals surface area (Å²) in [6, 6.07) is 3.73. The predicted molar refractivity (Wildman–Crippen MR) is 86.9 cm³/mol. The average molecular weight is 310 g/mol. The van der Waals surface area contributed by atoms with Gasteiger partial charge in [0, 0.05) is 12.6 Å². The average Bonchev–Trinajstić information content (AvgIpc) is 2.66. The van der Waals surface area contributed by atoms with Gasteiger partial charge in [0.25, 0.3) is 5.91 Å². The zero-order valence-electron chi connectivity index (χ0n) is 12.8. The van der Waals surface area contributed by atoms with Crippen molar-refractivity contribution in [2.45, 2.75) is 52.0 Å². The molecule has 1 saturated carbocycles. The summed E-state index contributed by atoms with van der Waals surface area (Å²) in [6.45, 7) is 4.96. The lowest BCUT2D eigenvalue weighted by molar-refractivity contribution is 0.0917. The molecule has 5 heteroatoms. The molecule has 4 nitrogen and oxygen atoms in total. The van der Waals surface area contributed by atoms with Crippen LogP contribution < -0.4 is 10.6 Å². The molecule has 2 rings (SSSR count). The van der Waals surface area contributed by atoms with Crippen LogP contribution in [0.4, 0.5) is 5.82 Å². The molecular formula is C16H24ClN3O. The van der Waals surface area contributed by atoms with E-state index in [1.807, 2.05) is 6.92 Å². The molecule has 0 bridgehead atoms. The largest absolute Gasteiger partial charge is 0.370 e. The number of aromatic nitrogens is 1. The third-order valence-electron chi connectivity index (χ3n) is 4.10. The fourth-order valence-corrected chi connectivity index (χ4v) is 3.02. The molecule has 2 unspecified atom stereocenters. The molecule has 0 aromatic carbocycles. The molecule has 1 heterocycles. The van der Waals surface area contributed by atoms with Crippen molar-refractivity contribution >= 4 is 23.3 Å². The van der Waals surface area contributed by atoms with Crippen molar-refractivity contribution in [1.82, 2.24) is 10.3 Å². The minimum atomic E-state index is -0.168. The first-order chi connectivity index (χ1) is 10.1. The van der Waals surface area contributed by atoms with Crippen LogP contribution >= 0.6 is 11.6 Å². The van der Waals surface area contributed by atoms with Gasteiger partial charge in [-0.15, -0.1) is 0 Å². The van der Waals surface area contributed by atoms with Crippen LogP contribution in [-0.4, -0.2) is 23.5 Å². The number of hydrogen-bond donors (Lipinski definition) is 2. The van der Waals surface area contributed by atoms with Gasteiger partial charge in [-0.3, -0.25) is 4.79 Å². The van der Waals surface area contributed by atoms with E-state index in [0.29, 0.717) is 22.5 Å². The summed E-state index contributed by atoms with van der Waals surface area (Å²) < 4.78 is 0. The molecule has 0 radical (unpaired) electrons. The van der Waals surface area contributed by atoms with Gasteiger partial charge in [-0.25, -0.2) is 4.98 Å². The highest BCUT2D eigenvalue weighted by Crippen LogP contribution is 2.24. The summed E-state index contributed by atoms with van der Waals surface area (Å²) in [5, 5.41) is 6.62. The van der Waals surface area contributed by atoms with Crippen LogP contribution in [0.1, 0.15) is 56.4 Å². The monoisotopic (exact) mass is 309 g/mol. The lowest BCUT2D eigenvalue weighted by atomic mass is 9.97. The molecule has 1 aromatic rings. The summed E-state index contributed by atoms with van der Waals surface area (Å²) in [4.78, 5) is 16.8. The summed E-state index contributed by atoms with van der Waals surface area (Å²) in [6.07, 6.45) is 5.89. The number of amides is 1. The first-order valence-electron chi connectivity index (χ1n) is 7.83. The van der Waals surface area contributed by atoms with Gasteiger partial charge in [-0.1, -0.05) is 37.8 Å². The Bertz CT molecular complexity index is 492. The van der Waals surface area contributed by atoms with Crippen LogP contribution in [0.25, 0.3) is 0 Å². The molecule has 21 heavy (non-hydrogen) atoms. The van der Waals surface area contributed by atoms with Crippen molar-refractivity contribution in [1.29, 1.82) is 0 Å². The number of anilines is 1. The fourth-order valence-electron chi connectivity index (χ4n) is 2.83. The number of nitrogens with one attached hydrogen (secondary N) is 2. The van der Waals surface area contributed by atoms with Crippen LogP contribution in [0.2, 0.25) is 5.02 Å². The number of nitrogens with zero attached hydrogens (tertiary/aromatic N) is 1. The molecule has 1 amide bonds. The van der Waals surface area contributed by atoms with Gasteiger partial charge >= 0.3 is 0 Å². The number of hydrogen-bond acceptors (Lipinski definition) is 3. The first kappa shape index (κ1) is 16.1. The highest BCUT2D eigenvalue weighted by Gasteiger charge is 2.23. The van der Waals surface area contributed by atoms with E-state index < -0.39 is 0 Å². The maximum absolute atomic E-state index is 12.5. The topological polar surface area (TPSA) is 54.0 Å². The minimum Gasteiger partial charge on any atom is -0.370 e. The molecule has 0 spiro atoms. The normalized spacial score (nSPS) is 22.4. The number of pyridine rings is 1. The highest BCUT2D eigenvalue weighted by atomic mass is 35.5. The van der Waals surface area contributed by atoms with Gasteiger partial charge in [0.15, 0.2) is 0 Å². The molecule has 1 aliphatic rings. The maximum atomic E-state index is 12.5. The third kappa shape index (κ3) is 4.34. The molecule has 1 aliphatic carbocycles. The zero-order valence-corrected chi connectivity index (χ0v) is 13.5. The highest BCUT2D eigenvalue weighted by molar-refractivity contribution is 6.33. The minimum absolute atomic E-state index is 0.168. The Balaban J connectivity index is 2.10. The summed E-state index contributed by atoms with van der Waals surface area (Å²) >= 11 is 6.13. The van der Waals surface area contributed by atoms with Crippen molar-refractivity contribution in [3.63, 3.8) is 0 Å². The summed E-state index contributed by atoms with van der Waals surface area (Å²) in [5.41, 5.74) is 0.312. The Morgan fingerprint density at radius 3 is 2.86 bits per heavy atom. The number of carbonyl (C=O) groups excluding carboxylic acids is 1. The Hall–Kier alpha value is -1.29. The fraction of sp³-hybridized carbons (Fsp3) is 0.625. The number of carbonyl (C=O) groups is 1. The molecule has 0 saturated heterocycles. The Morgan fingerprint density at radius 1 is 1.33 bits per heavy atom. The standard InChI is InChI=1S/C16H24ClN3O/c1-3-18-14-10-9-12(17)15(20-14)16(21)19-13-8-6-4-5-7-11(13)2/h9-11,13H,3-8H2,1-2H3,(H,18,20)(H,19,21). The van der Waals surface area contributed by atoms with Crippen molar-refractivity contribution < 1.29 is 4.79 Å². The molecule has 1 aromatic heterocycles. The second kappa shape index (κ2) is 7.64. The van der Waals surface area contributed by atoms with E-state index in [4.69, 9.17) is 11.6 Å². The molecule has 2 N–H and O–H groups in total. The van der Waals surface area contributed by atoms with Crippen LogP contribution in [0.5, 0.6) is 0 Å². The van der Waals surface area contributed by atoms with Gasteiger partial charge in [-0.2, -0.15) is 0 Å². The second-order valence-corrected chi connectivity index (χ2v) is 6.16. The smallest absolute Gasteiger partial charge is 0.271 e. The third-order valence-corrected chi connectivity index (χ3v) is 4.40. The van der Waals surface area contributed by atoms with Gasteiger partial charge in [-0.05, 0) is 37.8 Å². The quantitative estimate of drug-likeness (QED) is 0.830. The van der Waals surface area contributed by atoms with Gasteiger partial charge in [0.1, 0.15) is 11.5 Å². The van der Waals surface area contributed by atoms with E-state index in [0.717, 1.165) is 13.0 Å². The lowest BCUT2D eigenvalue weighted by Gasteiger charge is -2.22. The number of rotatable bonds is 4. The number of halogens is 1. The van der Waals surface area contributed by atoms with Crippen LogP contribution in [0.15, 0.2) is 12.1 Å². The van der Waals surface area contributed by atoms with E-state index >= 15 is 0 Å². The maximum Gasteiger partial charge on any atom is 0.271 e. The first-order valence-corrected chi connectivity index (χ1v) is 8.21. The van der Waals surface area contributed by atoms with E-state index in [2.05, 4.69) is 22.5 Å². The lowest BCUT2D eigenvalue weighted by Crippen LogP contribution is -2.39. The molecule has 0 aliphatic heterocycles. The second-order valence-electron chi connectivity index (χ2n) is 5.75. The van der Waals surface area contributed by atoms with Crippen LogP contribution in [-0.2, 0) is 0 Å². The molecular weight excluding hydrogens is 286 g/mol. The Labute approximate surface area is 131 Å². The van der Waals surface area contributed by atoms with Crippen LogP contribution in [0, 0.1) is 5.92 Å². The molecule has 116 valence electrons. The SMILES string of the molecule is CCNc1ccc(Cl)c(C(=O)NC2CCCCCC2C)n1. The van der Waals surface area contributed by atoms with Crippen molar-refractivity contribution in [2.75, 3.05) is 11.9 Å². The van der Waals surface area contributed by atoms with Gasteiger partial charge < -0.3 is 10.6 Å². The van der Waals surface area contributed by atoms with Gasteiger partial charge in [0.2, 0.25) is 0 Å². The van der Waals surface area contributed by atoms with Crippen molar-refractivity contribution in [2.24, 2.45) is 5.92 Å². The van der Waals surface area contributed by atoms with Crippen molar-refractivity contribution in [3.05, 3.63) is 22.8 Å². The van der Waals surface area contributed by atoms with Crippen LogP contribution in [0.3, 0.4) is 0 Å². The van der Waals surface area contributed by atoms with E-state index in [9.17, 15) is 4.79 Å². The van der Waals surface area contributed by atoms with Crippen molar-refractivity contribution in [3.8, 4) is 0 Å².